The number of hydrogen-bond acceptors (Lipinski definition) is 6. The van der Waals surface area contributed by atoms with Gasteiger partial charge < -0.3 is 5.11 Å². The number of hydrazine groups is 1. The Labute approximate surface area is 169 Å². The van der Waals surface area contributed by atoms with Crippen molar-refractivity contribution < 1.29 is 18.3 Å². The Morgan fingerprint density at radius 3 is 2.24 bits per heavy atom. The van der Waals surface area contributed by atoms with E-state index in [1.165, 1.54) is 17.1 Å². The number of nitriles is 1. The quantitative estimate of drug-likeness (QED) is 0.718. The number of benzene rings is 2. The maximum Gasteiger partial charge on any atom is 0.353 e. The molecule has 1 atom stereocenters. The first-order chi connectivity index (χ1) is 13.6. The van der Waals surface area contributed by atoms with E-state index >= 15 is 0 Å². The van der Waals surface area contributed by atoms with Crippen LogP contribution in [-0.4, -0.2) is 43.1 Å². The number of aliphatic carboxylic acids is 1. The molecule has 0 saturated heterocycles. The molecule has 0 saturated carbocycles. The minimum atomic E-state index is -3.84. The summed E-state index contributed by atoms with van der Waals surface area (Å²) in [6.45, 7) is 1.79. The second-order valence-electron chi connectivity index (χ2n) is 6.74. The van der Waals surface area contributed by atoms with Crippen LogP contribution in [0, 0.1) is 18.3 Å². The molecule has 1 heterocycles. The van der Waals surface area contributed by atoms with E-state index in [-0.39, 0.29) is 17.1 Å². The van der Waals surface area contributed by atoms with Crippen molar-refractivity contribution in [3.8, 4) is 6.07 Å². The Kier molecular flexibility index (Phi) is 5.44. The van der Waals surface area contributed by atoms with E-state index in [0.29, 0.717) is 16.7 Å². The number of rotatable bonds is 5. The highest BCUT2D eigenvalue weighted by Gasteiger charge is 2.41. The van der Waals surface area contributed by atoms with Gasteiger partial charge in [-0.05, 0) is 30.2 Å². The van der Waals surface area contributed by atoms with E-state index in [0.717, 1.165) is 5.56 Å². The van der Waals surface area contributed by atoms with E-state index in [9.17, 15) is 23.6 Å². The van der Waals surface area contributed by atoms with Crippen LogP contribution in [0.5, 0.6) is 0 Å². The molecule has 1 aliphatic heterocycles. The van der Waals surface area contributed by atoms with Crippen LogP contribution in [0.25, 0.3) is 5.57 Å². The van der Waals surface area contributed by atoms with E-state index in [1.54, 1.807) is 24.2 Å². The fourth-order valence-electron chi connectivity index (χ4n) is 3.49. The summed E-state index contributed by atoms with van der Waals surface area (Å²) in [7, 11) is -2.15. The van der Waals surface area contributed by atoms with Crippen LogP contribution in [0.15, 0.2) is 59.1 Å². The Morgan fingerprint density at radius 2 is 1.76 bits per heavy atom. The Balaban J connectivity index is 2.21. The number of carboxylic acid groups (broad SMARTS) is 1. The van der Waals surface area contributed by atoms with Crippen LogP contribution in [0.4, 0.5) is 0 Å². The predicted molar refractivity (Wildman–Crippen MR) is 106 cm³/mol. The first-order valence-electron chi connectivity index (χ1n) is 8.69. The summed E-state index contributed by atoms with van der Waals surface area (Å²) in [4.78, 5) is 12.1. The number of primary sulfonamides is 1. The summed E-state index contributed by atoms with van der Waals surface area (Å²) in [5, 5.41) is 27.4. The van der Waals surface area contributed by atoms with Gasteiger partial charge in [-0.25, -0.2) is 23.4 Å². The maximum absolute atomic E-state index is 12.1. The Morgan fingerprint density at radius 1 is 1.17 bits per heavy atom. The zero-order chi connectivity index (χ0) is 21.3. The molecule has 3 rings (SSSR count). The molecule has 0 aromatic heterocycles. The highest BCUT2D eigenvalue weighted by molar-refractivity contribution is 7.89. The summed E-state index contributed by atoms with van der Waals surface area (Å²) < 4.78 is 23.1. The van der Waals surface area contributed by atoms with Crippen molar-refractivity contribution in [1.29, 1.82) is 5.26 Å². The van der Waals surface area contributed by atoms with E-state index < -0.39 is 22.0 Å². The number of nitrogens with zero attached hydrogens (tertiary/aromatic N) is 3. The molecule has 0 aliphatic carbocycles. The maximum atomic E-state index is 12.1. The second kappa shape index (κ2) is 7.67. The smallest absolute Gasteiger partial charge is 0.353 e. The van der Waals surface area contributed by atoms with Crippen LogP contribution in [0.3, 0.4) is 0 Å². The second-order valence-corrected chi connectivity index (χ2v) is 8.30. The molecule has 29 heavy (non-hydrogen) atoms. The van der Waals surface area contributed by atoms with Crippen molar-refractivity contribution in [2.24, 2.45) is 5.14 Å². The third-order valence-corrected chi connectivity index (χ3v) is 5.78. The van der Waals surface area contributed by atoms with Crippen molar-refractivity contribution in [2.45, 2.75) is 17.9 Å². The normalized spacial score (nSPS) is 17.4. The number of carboxylic acids is 1. The van der Waals surface area contributed by atoms with Gasteiger partial charge in [-0.2, -0.15) is 5.26 Å². The van der Waals surface area contributed by atoms with Gasteiger partial charge in [0.2, 0.25) is 10.0 Å². The zero-order valence-electron chi connectivity index (χ0n) is 15.9. The van der Waals surface area contributed by atoms with Crippen LogP contribution in [-0.2, 0) is 14.8 Å². The fraction of sp³-hybridized carbons (Fsp3) is 0.200. The first-order valence-corrected chi connectivity index (χ1v) is 10.2. The van der Waals surface area contributed by atoms with Crippen molar-refractivity contribution in [1.82, 2.24) is 10.0 Å². The summed E-state index contributed by atoms with van der Waals surface area (Å²) in [5.74, 6) is -1.15. The molecule has 0 bridgehead atoms. The van der Waals surface area contributed by atoms with Gasteiger partial charge >= 0.3 is 5.97 Å². The van der Waals surface area contributed by atoms with Gasteiger partial charge in [0.05, 0.1) is 17.0 Å². The van der Waals surface area contributed by atoms with Crippen LogP contribution < -0.4 is 5.14 Å². The van der Waals surface area contributed by atoms with Gasteiger partial charge in [0, 0.05) is 12.6 Å². The van der Waals surface area contributed by atoms with Gasteiger partial charge in [0.15, 0.2) is 0 Å². The Hall–Kier alpha value is -3.19. The van der Waals surface area contributed by atoms with Crippen molar-refractivity contribution in [3.05, 3.63) is 70.9 Å². The van der Waals surface area contributed by atoms with E-state index in [4.69, 9.17) is 5.14 Å². The molecule has 8 nitrogen and oxygen atoms in total. The summed E-state index contributed by atoms with van der Waals surface area (Å²) in [6, 6.07) is 14.9. The molecular weight excluding hydrogens is 392 g/mol. The molecule has 0 radical (unpaired) electrons. The largest absolute Gasteiger partial charge is 0.477 e. The number of likely N-dealkylation sites (N-methyl/N-ethyl adjacent to an activating group) is 1. The minimum absolute atomic E-state index is 0.0124. The highest BCUT2D eigenvalue weighted by Crippen LogP contribution is 2.44. The van der Waals surface area contributed by atoms with Gasteiger partial charge in [0.25, 0.3) is 0 Å². The number of carbonyl (C=O) groups is 1. The number of hydrogen-bond donors (Lipinski definition) is 2. The lowest BCUT2D eigenvalue weighted by Crippen LogP contribution is -2.37. The van der Waals surface area contributed by atoms with Gasteiger partial charge in [0.1, 0.15) is 12.2 Å². The van der Waals surface area contributed by atoms with Crippen LogP contribution in [0.2, 0.25) is 0 Å². The molecule has 2 aromatic rings. The summed E-state index contributed by atoms with van der Waals surface area (Å²) in [5.41, 5.74) is 2.95. The van der Waals surface area contributed by atoms with E-state index in [1.807, 2.05) is 37.3 Å². The van der Waals surface area contributed by atoms with Gasteiger partial charge in [-0.1, -0.05) is 42.0 Å². The molecule has 0 fully saturated rings. The zero-order valence-corrected chi connectivity index (χ0v) is 16.7. The van der Waals surface area contributed by atoms with Gasteiger partial charge in [-0.3, -0.25) is 5.01 Å². The van der Waals surface area contributed by atoms with Gasteiger partial charge in [-0.15, -0.1) is 0 Å². The number of sulfonamides is 1. The van der Waals surface area contributed by atoms with Crippen molar-refractivity contribution in [3.63, 3.8) is 0 Å². The topological polar surface area (TPSA) is 128 Å². The molecule has 0 spiro atoms. The van der Waals surface area contributed by atoms with Crippen molar-refractivity contribution >= 4 is 21.6 Å². The van der Waals surface area contributed by atoms with E-state index in [2.05, 4.69) is 0 Å². The Bertz CT molecular complexity index is 1120. The lowest BCUT2D eigenvalue weighted by Gasteiger charge is -2.30. The number of nitrogens with two attached hydrogens (primary N) is 1. The predicted octanol–water partition coefficient (Wildman–Crippen LogP) is 1.87. The highest BCUT2D eigenvalue weighted by atomic mass is 32.2. The molecule has 1 unspecified atom stereocenters. The average Bonchev–Trinajstić information content (AvgIpc) is 2.95. The lowest BCUT2D eigenvalue weighted by atomic mass is 9.92. The van der Waals surface area contributed by atoms with Crippen LogP contribution >= 0.6 is 0 Å². The standard InChI is InChI=1S/C20H20N4O4S/c1-13-3-5-14(6-4-13)17-18(15-7-9-16(10-8-15)29(22,27)28)23(2)24(12-11-21)19(17)20(25)26/h3-10,18H,12H2,1-2H3,(H,25,26)(H2,22,27,28). The molecule has 9 heteroatoms. The lowest BCUT2D eigenvalue weighted by molar-refractivity contribution is -0.136. The van der Waals surface area contributed by atoms with Crippen molar-refractivity contribution in [2.75, 3.05) is 13.6 Å². The molecule has 150 valence electrons. The fourth-order valence-corrected chi connectivity index (χ4v) is 4.00. The monoisotopic (exact) mass is 412 g/mol. The summed E-state index contributed by atoms with van der Waals surface area (Å²) in [6.07, 6.45) is 0. The molecular formula is C20H20N4O4S. The molecule has 2 aromatic carbocycles. The third kappa shape index (κ3) is 3.86. The molecule has 0 amide bonds. The third-order valence-electron chi connectivity index (χ3n) is 4.85. The van der Waals surface area contributed by atoms with Crippen LogP contribution in [0.1, 0.15) is 22.7 Å². The summed E-state index contributed by atoms with van der Waals surface area (Å²) >= 11 is 0. The average molecular weight is 412 g/mol. The molecule has 1 aliphatic rings. The SMILES string of the molecule is Cc1ccc(C2=C(C(=O)O)N(CC#N)N(C)C2c2ccc(S(N)(=O)=O)cc2)cc1. The number of aryl methyl sites for hydroxylation is 1. The minimum Gasteiger partial charge on any atom is -0.477 e. The molecule has 3 N–H and O–H groups in total. The first kappa shape index (κ1) is 20.5.